The van der Waals surface area contributed by atoms with Crippen molar-refractivity contribution in [2.75, 3.05) is 46.3 Å². The molecule has 0 aromatic rings. The molecule has 0 spiro atoms. The molecule has 44 heavy (non-hydrogen) atoms. The Hall–Kier alpha value is -0.120. The Balaban J connectivity index is 2.43. The van der Waals surface area contributed by atoms with Crippen LogP contribution in [0.4, 0.5) is 0 Å². The highest BCUT2D eigenvalue weighted by atomic mass is 15.4. The van der Waals surface area contributed by atoms with Crippen LogP contribution in [0, 0.1) is 0 Å². The molecule has 1 aliphatic heterocycles. The van der Waals surface area contributed by atoms with Crippen LogP contribution in [0.5, 0.6) is 0 Å². The third-order valence-corrected chi connectivity index (χ3v) is 10.5. The van der Waals surface area contributed by atoms with Gasteiger partial charge in [0.1, 0.15) is 0 Å². The number of unbranched alkanes of at least 4 members (excludes halogenated alkanes) is 27. The van der Waals surface area contributed by atoms with Gasteiger partial charge in [-0.1, -0.05) is 194 Å². The fraction of sp³-hybridized carbons (Fsp3) is 1.00. The maximum absolute atomic E-state index is 2.95. The summed E-state index contributed by atoms with van der Waals surface area (Å²) in [6, 6.07) is 0. The zero-order valence-electron chi connectivity index (χ0n) is 31.4. The molecule has 0 saturated carbocycles. The SMILES string of the molecule is CCCCCCCCCCCCN(CCCCCCCCCCCC)C1CN(C)CCN1CCCCCCCCCCCC. The predicted octanol–water partition coefficient (Wildman–Crippen LogP) is 12.6. The smallest absolute Gasteiger partial charge is 0.0754 e. The van der Waals surface area contributed by atoms with Crippen molar-refractivity contribution in [1.82, 2.24) is 14.7 Å². The summed E-state index contributed by atoms with van der Waals surface area (Å²) in [7, 11) is 2.37. The van der Waals surface area contributed by atoms with Crippen LogP contribution in [0.3, 0.4) is 0 Å². The first kappa shape index (κ1) is 41.9. The van der Waals surface area contributed by atoms with Crippen LogP contribution in [0.1, 0.15) is 213 Å². The highest BCUT2D eigenvalue weighted by molar-refractivity contribution is 4.82. The number of piperazine rings is 1. The molecule has 1 fully saturated rings. The van der Waals surface area contributed by atoms with Gasteiger partial charge in [-0.25, -0.2) is 0 Å². The summed E-state index contributed by atoms with van der Waals surface area (Å²) in [6.07, 6.45) is 43.8. The van der Waals surface area contributed by atoms with E-state index >= 15 is 0 Å². The Morgan fingerprint density at radius 2 is 0.727 bits per heavy atom. The molecule has 1 heterocycles. The van der Waals surface area contributed by atoms with E-state index in [1.54, 1.807) is 0 Å². The van der Waals surface area contributed by atoms with Gasteiger partial charge in [0.25, 0.3) is 0 Å². The maximum Gasteiger partial charge on any atom is 0.0754 e. The van der Waals surface area contributed by atoms with Gasteiger partial charge >= 0.3 is 0 Å². The van der Waals surface area contributed by atoms with Crippen molar-refractivity contribution < 1.29 is 0 Å². The molecule has 1 saturated heterocycles. The lowest BCUT2D eigenvalue weighted by atomic mass is 10.1. The Morgan fingerprint density at radius 3 is 1.09 bits per heavy atom. The van der Waals surface area contributed by atoms with E-state index < -0.39 is 0 Å². The monoisotopic (exact) mass is 620 g/mol. The molecular weight excluding hydrogens is 534 g/mol. The van der Waals surface area contributed by atoms with Crippen LogP contribution in [0.25, 0.3) is 0 Å². The summed E-state index contributed by atoms with van der Waals surface area (Å²) in [6.45, 7) is 14.7. The van der Waals surface area contributed by atoms with E-state index in [0.29, 0.717) is 6.17 Å². The minimum atomic E-state index is 0.643. The Bertz CT molecular complexity index is 528. The minimum absolute atomic E-state index is 0.643. The molecular formula is C41H85N3. The van der Waals surface area contributed by atoms with Crippen molar-refractivity contribution in [3.8, 4) is 0 Å². The van der Waals surface area contributed by atoms with Gasteiger partial charge in [0, 0.05) is 19.6 Å². The largest absolute Gasteiger partial charge is 0.302 e. The van der Waals surface area contributed by atoms with Gasteiger partial charge < -0.3 is 4.90 Å². The topological polar surface area (TPSA) is 9.72 Å². The third-order valence-electron chi connectivity index (χ3n) is 10.5. The van der Waals surface area contributed by atoms with Gasteiger partial charge in [0.15, 0.2) is 0 Å². The van der Waals surface area contributed by atoms with Crippen molar-refractivity contribution >= 4 is 0 Å². The van der Waals surface area contributed by atoms with E-state index in [4.69, 9.17) is 0 Å². The Kier molecular flexibility index (Phi) is 31.2. The first-order valence-electron chi connectivity index (χ1n) is 20.9. The number of hydrogen-bond acceptors (Lipinski definition) is 3. The van der Waals surface area contributed by atoms with Gasteiger partial charge in [-0.2, -0.15) is 0 Å². The molecule has 0 bridgehead atoms. The second kappa shape index (κ2) is 32.8. The van der Waals surface area contributed by atoms with Crippen molar-refractivity contribution in [2.45, 2.75) is 220 Å². The Labute approximate surface area is 280 Å². The lowest BCUT2D eigenvalue weighted by Crippen LogP contribution is -2.59. The molecule has 1 unspecified atom stereocenters. The first-order chi connectivity index (χ1) is 21.7. The van der Waals surface area contributed by atoms with Crippen LogP contribution in [0.15, 0.2) is 0 Å². The second-order valence-corrected chi connectivity index (χ2v) is 14.9. The van der Waals surface area contributed by atoms with Crippen molar-refractivity contribution in [3.05, 3.63) is 0 Å². The number of rotatable bonds is 34. The quantitative estimate of drug-likeness (QED) is 0.0663. The molecule has 264 valence electrons. The molecule has 1 aliphatic rings. The summed E-state index contributed by atoms with van der Waals surface area (Å²) >= 11 is 0. The fourth-order valence-corrected chi connectivity index (χ4v) is 7.36. The van der Waals surface area contributed by atoms with E-state index in [9.17, 15) is 0 Å². The zero-order valence-corrected chi connectivity index (χ0v) is 31.4. The van der Waals surface area contributed by atoms with Gasteiger partial charge in [-0.05, 0) is 45.9 Å². The standard InChI is InChI=1S/C41H85N3/c1-5-8-11-14-17-20-23-26-29-32-35-43(36-33-30-27-24-21-18-15-12-9-6-2)41-40-42(4)38-39-44(41)37-34-31-28-25-22-19-16-13-10-7-3/h41H,5-40H2,1-4H3. The average molecular weight is 620 g/mol. The molecule has 0 aromatic carbocycles. The van der Waals surface area contributed by atoms with Gasteiger partial charge in [-0.3, -0.25) is 9.80 Å². The average Bonchev–Trinajstić information content (AvgIpc) is 3.03. The molecule has 0 amide bonds. The summed E-state index contributed by atoms with van der Waals surface area (Å²) < 4.78 is 0. The van der Waals surface area contributed by atoms with Crippen molar-refractivity contribution in [2.24, 2.45) is 0 Å². The molecule has 1 rings (SSSR count). The zero-order chi connectivity index (χ0) is 31.8. The molecule has 0 radical (unpaired) electrons. The third kappa shape index (κ3) is 25.0. The summed E-state index contributed by atoms with van der Waals surface area (Å²) in [5.41, 5.74) is 0. The van der Waals surface area contributed by atoms with Crippen LogP contribution in [0.2, 0.25) is 0 Å². The number of likely N-dealkylation sites (N-methyl/N-ethyl adjacent to an activating group) is 1. The van der Waals surface area contributed by atoms with Crippen LogP contribution in [-0.2, 0) is 0 Å². The number of hydrogen-bond donors (Lipinski definition) is 0. The molecule has 1 atom stereocenters. The maximum atomic E-state index is 2.95. The molecule has 0 N–H and O–H groups in total. The fourth-order valence-electron chi connectivity index (χ4n) is 7.36. The van der Waals surface area contributed by atoms with E-state index in [0.717, 1.165) is 0 Å². The van der Waals surface area contributed by atoms with Crippen LogP contribution < -0.4 is 0 Å². The first-order valence-corrected chi connectivity index (χ1v) is 20.9. The lowest BCUT2D eigenvalue weighted by Gasteiger charge is -2.46. The van der Waals surface area contributed by atoms with E-state index in [1.807, 2.05) is 0 Å². The number of nitrogens with zero attached hydrogens (tertiary/aromatic N) is 3. The second-order valence-electron chi connectivity index (χ2n) is 14.9. The van der Waals surface area contributed by atoms with E-state index in [1.165, 1.54) is 232 Å². The van der Waals surface area contributed by atoms with Crippen molar-refractivity contribution in [1.29, 1.82) is 0 Å². The summed E-state index contributed by atoms with van der Waals surface area (Å²) in [5.74, 6) is 0. The highest BCUT2D eigenvalue weighted by Gasteiger charge is 2.29. The Morgan fingerprint density at radius 1 is 0.409 bits per heavy atom. The van der Waals surface area contributed by atoms with Gasteiger partial charge in [0.2, 0.25) is 0 Å². The predicted molar refractivity (Wildman–Crippen MR) is 200 cm³/mol. The normalized spacial score (nSPS) is 16.4. The summed E-state index contributed by atoms with van der Waals surface area (Å²) in [5, 5.41) is 0. The minimum Gasteiger partial charge on any atom is -0.302 e. The van der Waals surface area contributed by atoms with E-state index in [-0.39, 0.29) is 0 Å². The van der Waals surface area contributed by atoms with Crippen LogP contribution in [-0.4, -0.2) is 67.2 Å². The lowest BCUT2D eigenvalue weighted by molar-refractivity contribution is -0.0172. The van der Waals surface area contributed by atoms with Crippen LogP contribution >= 0.6 is 0 Å². The van der Waals surface area contributed by atoms with Gasteiger partial charge in [0.05, 0.1) is 6.17 Å². The molecule has 0 aromatic heterocycles. The van der Waals surface area contributed by atoms with Crippen molar-refractivity contribution in [3.63, 3.8) is 0 Å². The van der Waals surface area contributed by atoms with Gasteiger partial charge in [-0.15, -0.1) is 0 Å². The highest BCUT2D eigenvalue weighted by Crippen LogP contribution is 2.19. The van der Waals surface area contributed by atoms with E-state index in [2.05, 4.69) is 42.5 Å². The molecule has 3 heteroatoms. The molecule has 0 aliphatic carbocycles. The summed E-state index contributed by atoms with van der Waals surface area (Å²) in [4.78, 5) is 8.46. The molecule has 3 nitrogen and oxygen atoms in total.